The van der Waals surface area contributed by atoms with Gasteiger partial charge < -0.3 is 20.9 Å². The Bertz CT molecular complexity index is 525. The normalized spacial score (nSPS) is 23.5. The predicted octanol–water partition coefficient (Wildman–Crippen LogP) is 0.478. The van der Waals surface area contributed by atoms with E-state index in [1.54, 1.807) is 4.90 Å². The third-order valence-electron chi connectivity index (χ3n) is 4.73. The minimum Gasteiger partial charge on any atom is -0.353 e. The van der Waals surface area contributed by atoms with Crippen LogP contribution in [0.15, 0.2) is 0 Å². The van der Waals surface area contributed by atoms with Crippen LogP contribution in [-0.2, 0) is 14.4 Å². The fourth-order valence-electron chi connectivity index (χ4n) is 3.53. The van der Waals surface area contributed by atoms with Crippen LogP contribution in [0.5, 0.6) is 0 Å². The first-order valence-electron chi connectivity index (χ1n) is 9.20. The van der Waals surface area contributed by atoms with Gasteiger partial charge in [-0.25, -0.2) is 0 Å². The molecule has 0 bridgehead atoms. The van der Waals surface area contributed by atoms with E-state index in [9.17, 15) is 14.4 Å². The summed E-state index contributed by atoms with van der Waals surface area (Å²) in [5.41, 5.74) is 5.36. The van der Waals surface area contributed by atoms with Crippen molar-refractivity contribution in [1.29, 1.82) is 0 Å². The Morgan fingerprint density at radius 1 is 1.20 bits per heavy atom. The molecule has 2 atom stereocenters. The van der Waals surface area contributed by atoms with Gasteiger partial charge in [-0.15, -0.1) is 0 Å². The zero-order valence-electron chi connectivity index (χ0n) is 15.9. The third kappa shape index (κ3) is 5.17. The molecule has 1 aliphatic heterocycles. The number of carbonyl (C=O) groups excluding carboxylic acids is 3. The van der Waals surface area contributed by atoms with Crippen LogP contribution in [0.25, 0.3) is 0 Å². The first kappa shape index (κ1) is 19.7. The minimum atomic E-state index is -0.516. The van der Waals surface area contributed by atoms with E-state index in [2.05, 4.69) is 26.1 Å². The summed E-state index contributed by atoms with van der Waals surface area (Å²) < 4.78 is 0. The molecular weight excluding hydrogens is 320 g/mol. The van der Waals surface area contributed by atoms with E-state index >= 15 is 0 Å². The van der Waals surface area contributed by atoms with Gasteiger partial charge in [-0.1, -0.05) is 20.8 Å². The van der Waals surface area contributed by atoms with Gasteiger partial charge in [0, 0.05) is 39.0 Å². The fraction of sp³-hybridized carbons (Fsp3) is 0.833. The molecule has 3 amide bonds. The Labute approximate surface area is 150 Å². The number of likely N-dealkylation sites (tertiary alicyclic amines) is 1. The fourth-order valence-corrected chi connectivity index (χ4v) is 3.53. The Morgan fingerprint density at radius 2 is 1.84 bits per heavy atom. The number of amides is 3. The SMILES string of the molecule is CC(=O)N1CC(N(C(=O)CC(C)(C)C)C2CC2)CC1C(=O)NCCN. The molecule has 1 saturated carbocycles. The Morgan fingerprint density at radius 3 is 2.32 bits per heavy atom. The van der Waals surface area contributed by atoms with Crippen molar-refractivity contribution in [2.24, 2.45) is 11.1 Å². The molecule has 25 heavy (non-hydrogen) atoms. The molecule has 0 aromatic heterocycles. The predicted molar refractivity (Wildman–Crippen MR) is 95.6 cm³/mol. The van der Waals surface area contributed by atoms with E-state index in [1.807, 2.05) is 4.90 Å². The second-order valence-electron chi connectivity index (χ2n) is 8.43. The molecule has 1 aliphatic carbocycles. The summed E-state index contributed by atoms with van der Waals surface area (Å²) >= 11 is 0. The van der Waals surface area contributed by atoms with Crippen LogP contribution < -0.4 is 11.1 Å². The standard InChI is InChI=1S/C18H32N4O3/c1-12(23)21-11-14(9-15(21)17(25)20-8-7-19)22(13-5-6-13)16(24)10-18(2,3)4/h13-15H,5-11,19H2,1-4H3,(H,20,25). The Hall–Kier alpha value is -1.63. The van der Waals surface area contributed by atoms with E-state index in [0.717, 1.165) is 12.8 Å². The molecule has 0 aromatic carbocycles. The number of hydrogen-bond acceptors (Lipinski definition) is 4. The zero-order chi connectivity index (χ0) is 18.8. The maximum absolute atomic E-state index is 12.9. The van der Waals surface area contributed by atoms with Gasteiger partial charge >= 0.3 is 0 Å². The highest BCUT2D eigenvalue weighted by atomic mass is 16.2. The van der Waals surface area contributed by atoms with Crippen molar-refractivity contribution in [1.82, 2.24) is 15.1 Å². The molecule has 1 saturated heterocycles. The van der Waals surface area contributed by atoms with Crippen molar-refractivity contribution in [3.05, 3.63) is 0 Å². The molecular formula is C18H32N4O3. The Balaban J connectivity index is 2.12. The van der Waals surface area contributed by atoms with E-state index in [4.69, 9.17) is 5.73 Å². The first-order chi connectivity index (χ1) is 11.6. The van der Waals surface area contributed by atoms with Crippen LogP contribution in [0, 0.1) is 5.41 Å². The Kier molecular flexibility index (Phi) is 6.08. The maximum atomic E-state index is 12.9. The monoisotopic (exact) mass is 352 g/mol. The van der Waals surface area contributed by atoms with Crippen LogP contribution in [0.4, 0.5) is 0 Å². The third-order valence-corrected chi connectivity index (χ3v) is 4.73. The molecule has 142 valence electrons. The van der Waals surface area contributed by atoms with Crippen LogP contribution in [-0.4, -0.2) is 65.3 Å². The summed E-state index contributed by atoms with van der Waals surface area (Å²) in [5, 5.41) is 2.77. The lowest BCUT2D eigenvalue weighted by Crippen LogP contribution is -2.46. The number of hydrogen-bond donors (Lipinski definition) is 2. The van der Waals surface area contributed by atoms with Crippen LogP contribution in [0.1, 0.15) is 53.4 Å². The van der Waals surface area contributed by atoms with Crippen molar-refractivity contribution in [3.8, 4) is 0 Å². The quantitative estimate of drug-likeness (QED) is 0.727. The van der Waals surface area contributed by atoms with E-state index in [0.29, 0.717) is 32.5 Å². The minimum absolute atomic E-state index is 0.0823. The van der Waals surface area contributed by atoms with Gasteiger partial charge in [0.25, 0.3) is 0 Å². The van der Waals surface area contributed by atoms with Crippen molar-refractivity contribution < 1.29 is 14.4 Å². The molecule has 2 unspecified atom stereocenters. The highest BCUT2D eigenvalue weighted by Gasteiger charge is 2.46. The van der Waals surface area contributed by atoms with Crippen LogP contribution in [0.2, 0.25) is 0 Å². The van der Waals surface area contributed by atoms with Gasteiger partial charge in [-0.3, -0.25) is 14.4 Å². The smallest absolute Gasteiger partial charge is 0.242 e. The molecule has 0 radical (unpaired) electrons. The van der Waals surface area contributed by atoms with E-state index in [-0.39, 0.29) is 35.2 Å². The van der Waals surface area contributed by atoms with Crippen LogP contribution >= 0.6 is 0 Å². The van der Waals surface area contributed by atoms with Gasteiger partial charge in [-0.05, 0) is 24.7 Å². The van der Waals surface area contributed by atoms with Gasteiger partial charge in [0.1, 0.15) is 6.04 Å². The number of nitrogens with one attached hydrogen (secondary N) is 1. The van der Waals surface area contributed by atoms with Crippen molar-refractivity contribution in [2.75, 3.05) is 19.6 Å². The van der Waals surface area contributed by atoms with Crippen molar-refractivity contribution >= 4 is 17.7 Å². The van der Waals surface area contributed by atoms with E-state index < -0.39 is 6.04 Å². The topological polar surface area (TPSA) is 95.7 Å². The maximum Gasteiger partial charge on any atom is 0.242 e. The van der Waals surface area contributed by atoms with Crippen molar-refractivity contribution in [2.45, 2.75) is 71.5 Å². The van der Waals surface area contributed by atoms with Crippen LogP contribution in [0.3, 0.4) is 0 Å². The van der Waals surface area contributed by atoms with Gasteiger partial charge in [0.05, 0.1) is 6.04 Å². The summed E-state index contributed by atoms with van der Waals surface area (Å²) in [7, 11) is 0. The number of rotatable bonds is 6. The average molecular weight is 352 g/mol. The lowest BCUT2D eigenvalue weighted by atomic mass is 9.91. The number of carbonyl (C=O) groups is 3. The average Bonchev–Trinajstić information content (AvgIpc) is 3.20. The highest BCUT2D eigenvalue weighted by molar-refractivity contribution is 5.88. The lowest BCUT2D eigenvalue weighted by Gasteiger charge is -2.31. The number of nitrogens with two attached hydrogens (primary N) is 1. The second kappa shape index (κ2) is 7.72. The zero-order valence-corrected chi connectivity index (χ0v) is 15.9. The largest absolute Gasteiger partial charge is 0.353 e. The molecule has 2 aliphatic rings. The van der Waals surface area contributed by atoms with Crippen molar-refractivity contribution in [3.63, 3.8) is 0 Å². The summed E-state index contributed by atoms with van der Waals surface area (Å²) in [6.45, 7) is 8.81. The summed E-state index contributed by atoms with van der Waals surface area (Å²) in [6.07, 6.45) is 3.00. The molecule has 1 heterocycles. The lowest BCUT2D eigenvalue weighted by molar-refractivity contribution is -0.137. The summed E-state index contributed by atoms with van der Waals surface area (Å²) in [5.74, 6) is -0.178. The van der Waals surface area contributed by atoms with Gasteiger partial charge in [0.15, 0.2) is 0 Å². The molecule has 0 spiro atoms. The van der Waals surface area contributed by atoms with Gasteiger partial charge in [0.2, 0.25) is 17.7 Å². The first-order valence-corrected chi connectivity index (χ1v) is 9.20. The highest BCUT2D eigenvalue weighted by Crippen LogP contribution is 2.35. The molecule has 7 heteroatoms. The molecule has 2 rings (SSSR count). The van der Waals surface area contributed by atoms with Gasteiger partial charge in [-0.2, -0.15) is 0 Å². The van der Waals surface area contributed by atoms with E-state index in [1.165, 1.54) is 6.92 Å². The molecule has 3 N–H and O–H groups in total. The molecule has 0 aromatic rings. The summed E-state index contributed by atoms with van der Waals surface area (Å²) in [4.78, 5) is 40.8. The molecule has 2 fully saturated rings. The number of nitrogens with zero attached hydrogens (tertiary/aromatic N) is 2. The molecule has 7 nitrogen and oxygen atoms in total. The second-order valence-corrected chi connectivity index (χ2v) is 8.43. The summed E-state index contributed by atoms with van der Waals surface area (Å²) in [6, 6.07) is -0.336.